The number of thiophene rings is 1. The van der Waals surface area contributed by atoms with Crippen LogP contribution in [0.1, 0.15) is 22.5 Å². The van der Waals surface area contributed by atoms with Crippen molar-refractivity contribution < 1.29 is 19.0 Å². The van der Waals surface area contributed by atoms with E-state index in [9.17, 15) is 4.79 Å². The molecular formula is C15H20N2O4S. The molecule has 0 unspecified atom stereocenters. The van der Waals surface area contributed by atoms with Crippen LogP contribution >= 0.6 is 11.3 Å². The quantitative estimate of drug-likeness (QED) is 0.903. The van der Waals surface area contributed by atoms with Crippen LogP contribution < -0.4 is 14.8 Å². The third-order valence-electron chi connectivity index (χ3n) is 4.48. The predicted octanol–water partition coefficient (Wildman–Crippen LogP) is 1.11. The zero-order valence-corrected chi connectivity index (χ0v) is 13.2. The van der Waals surface area contributed by atoms with Crippen molar-refractivity contribution in [1.29, 1.82) is 0 Å². The zero-order valence-electron chi connectivity index (χ0n) is 12.4. The zero-order chi connectivity index (χ0) is 14.9. The Labute approximate surface area is 133 Å². The summed E-state index contributed by atoms with van der Waals surface area (Å²) in [4.78, 5) is 15.6. The van der Waals surface area contributed by atoms with Crippen molar-refractivity contribution >= 4 is 17.2 Å². The Balaban J connectivity index is 1.46. The fraction of sp³-hybridized carbons (Fsp3) is 0.667. The number of likely N-dealkylation sites (tertiary alicyclic amines) is 1. The molecule has 0 saturated carbocycles. The van der Waals surface area contributed by atoms with Crippen LogP contribution in [-0.4, -0.2) is 62.4 Å². The summed E-state index contributed by atoms with van der Waals surface area (Å²) >= 11 is 1.37. The Hall–Kier alpha value is -1.31. The number of nitrogens with one attached hydrogen (secondary N) is 1. The molecule has 3 aliphatic heterocycles. The molecule has 22 heavy (non-hydrogen) atoms. The van der Waals surface area contributed by atoms with Gasteiger partial charge in [-0.2, -0.15) is 0 Å². The molecule has 4 rings (SSSR count). The first-order valence-electron chi connectivity index (χ1n) is 7.82. The van der Waals surface area contributed by atoms with Crippen LogP contribution in [0.4, 0.5) is 0 Å². The maximum Gasteiger partial charge on any atom is 0.265 e. The average molecular weight is 324 g/mol. The lowest BCUT2D eigenvalue weighted by atomic mass is 10.1. The number of nitrogens with zero attached hydrogens (tertiary/aromatic N) is 1. The third kappa shape index (κ3) is 2.57. The summed E-state index contributed by atoms with van der Waals surface area (Å²) in [6, 6.07) is 0.340. The second-order valence-electron chi connectivity index (χ2n) is 5.88. The lowest BCUT2D eigenvalue weighted by Gasteiger charge is -2.27. The summed E-state index contributed by atoms with van der Waals surface area (Å²) in [5, 5.41) is 4.97. The van der Waals surface area contributed by atoms with Crippen LogP contribution in [0.5, 0.6) is 11.5 Å². The lowest BCUT2D eigenvalue weighted by Crippen LogP contribution is -2.50. The van der Waals surface area contributed by atoms with Crippen molar-refractivity contribution in [3.8, 4) is 11.5 Å². The molecule has 3 aliphatic rings. The number of ether oxygens (including phenoxy) is 3. The Kier molecular flexibility index (Phi) is 3.94. The van der Waals surface area contributed by atoms with E-state index < -0.39 is 0 Å². The molecule has 2 fully saturated rings. The highest BCUT2D eigenvalue weighted by atomic mass is 32.1. The Bertz CT molecular complexity index is 556. The van der Waals surface area contributed by atoms with Gasteiger partial charge in [0.1, 0.15) is 18.1 Å². The number of fused-ring (bicyclic) bond motifs is 1. The van der Waals surface area contributed by atoms with Crippen molar-refractivity contribution in [2.75, 3.05) is 39.5 Å². The molecule has 0 bridgehead atoms. The molecule has 1 aromatic rings. The van der Waals surface area contributed by atoms with Gasteiger partial charge in [-0.3, -0.25) is 9.69 Å². The predicted molar refractivity (Wildman–Crippen MR) is 82.0 cm³/mol. The van der Waals surface area contributed by atoms with E-state index in [1.807, 2.05) is 5.38 Å². The number of carbonyl (C=O) groups is 1. The summed E-state index contributed by atoms with van der Waals surface area (Å²) in [6.45, 7) is 4.52. The number of hydrogen-bond donors (Lipinski definition) is 1. The van der Waals surface area contributed by atoms with E-state index in [2.05, 4.69) is 10.2 Å². The molecule has 0 aromatic carbocycles. The first-order chi connectivity index (χ1) is 10.8. The summed E-state index contributed by atoms with van der Waals surface area (Å²) in [7, 11) is 0. The van der Waals surface area contributed by atoms with Crippen LogP contribution in [0.15, 0.2) is 5.38 Å². The highest BCUT2D eigenvalue weighted by Gasteiger charge is 2.36. The molecule has 2 atom stereocenters. The van der Waals surface area contributed by atoms with Crippen LogP contribution in [0.2, 0.25) is 0 Å². The standard InChI is InChI=1S/C15H20N2O4S/c18-15(14-13-12(9-22-14)20-5-6-21-13)16-10-7-19-8-11(10)17-3-1-2-4-17/h9-11H,1-8H2,(H,16,18)/t10-,11-/m1/s1. The van der Waals surface area contributed by atoms with E-state index in [-0.39, 0.29) is 11.9 Å². The smallest absolute Gasteiger partial charge is 0.265 e. The Morgan fingerprint density at radius 1 is 1.23 bits per heavy atom. The van der Waals surface area contributed by atoms with Crippen LogP contribution in [0, 0.1) is 0 Å². The van der Waals surface area contributed by atoms with Crippen LogP contribution in [-0.2, 0) is 4.74 Å². The van der Waals surface area contributed by atoms with Gasteiger partial charge in [0.15, 0.2) is 11.5 Å². The normalized spacial score (nSPS) is 28.0. The van der Waals surface area contributed by atoms with E-state index in [0.717, 1.165) is 13.1 Å². The fourth-order valence-corrected chi connectivity index (χ4v) is 4.20. The SMILES string of the molecule is O=C(N[C@@H]1COC[C@H]1N1CCCC1)c1scc2c1OCCO2. The molecular weight excluding hydrogens is 304 g/mol. The molecule has 7 heteroatoms. The third-order valence-corrected chi connectivity index (χ3v) is 5.42. The van der Waals surface area contributed by atoms with Gasteiger partial charge in [0.2, 0.25) is 0 Å². The van der Waals surface area contributed by atoms with E-state index in [1.165, 1.54) is 24.2 Å². The molecule has 0 spiro atoms. The van der Waals surface area contributed by atoms with Crippen LogP contribution in [0.25, 0.3) is 0 Å². The van der Waals surface area contributed by atoms with Crippen LogP contribution in [0.3, 0.4) is 0 Å². The fourth-order valence-electron chi connectivity index (χ4n) is 3.37. The minimum Gasteiger partial charge on any atom is -0.485 e. The summed E-state index contributed by atoms with van der Waals surface area (Å²) in [6.07, 6.45) is 2.47. The Morgan fingerprint density at radius 3 is 2.91 bits per heavy atom. The maximum atomic E-state index is 12.6. The largest absolute Gasteiger partial charge is 0.485 e. The molecule has 0 radical (unpaired) electrons. The van der Waals surface area contributed by atoms with Gasteiger partial charge in [0.05, 0.1) is 25.3 Å². The van der Waals surface area contributed by atoms with Crippen molar-refractivity contribution in [2.24, 2.45) is 0 Å². The molecule has 6 nitrogen and oxygen atoms in total. The first-order valence-corrected chi connectivity index (χ1v) is 8.70. The monoisotopic (exact) mass is 324 g/mol. The number of hydrogen-bond acceptors (Lipinski definition) is 6. The molecule has 4 heterocycles. The van der Waals surface area contributed by atoms with Gasteiger partial charge in [-0.05, 0) is 25.9 Å². The minimum atomic E-state index is -0.0866. The second kappa shape index (κ2) is 6.06. The van der Waals surface area contributed by atoms with Crippen molar-refractivity contribution in [3.05, 3.63) is 10.3 Å². The molecule has 1 N–H and O–H groups in total. The van der Waals surface area contributed by atoms with E-state index in [4.69, 9.17) is 14.2 Å². The van der Waals surface area contributed by atoms with Crippen molar-refractivity contribution in [1.82, 2.24) is 10.2 Å². The van der Waals surface area contributed by atoms with Gasteiger partial charge in [0.25, 0.3) is 5.91 Å². The molecule has 1 aromatic heterocycles. The lowest BCUT2D eigenvalue weighted by molar-refractivity contribution is 0.0912. The topological polar surface area (TPSA) is 60.0 Å². The van der Waals surface area contributed by atoms with Gasteiger partial charge in [-0.15, -0.1) is 11.3 Å². The van der Waals surface area contributed by atoms with E-state index >= 15 is 0 Å². The molecule has 120 valence electrons. The first kappa shape index (κ1) is 14.3. The van der Waals surface area contributed by atoms with E-state index in [0.29, 0.717) is 48.8 Å². The van der Waals surface area contributed by atoms with Gasteiger partial charge >= 0.3 is 0 Å². The van der Waals surface area contributed by atoms with E-state index in [1.54, 1.807) is 0 Å². The number of amides is 1. The average Bonchev–Trinajstić information content (AvgIpc) is 3.27. The Morgan fingerprint density at radius 2 is 2.05 bits per heavy atom. The second-order valence-corrected chi connectivity index (χ2v) is 6.76. The highest BCUT2D eigenvalue weighted by Crippen LogP contribution is 2.39. The highest BCUT2D eigenvalue weighted by molar-refractivity contribution is 7.12. The molecule has 0 aliphatic carbocycles. The van der Waals surface area contributed by atoms with Gasteiger partial charge in [-0.1, -0.05) is 0 Å². The van der Waals surface area contributed by atoms with Crippen molar-refractivity contribution in [2.45, 2.75) is 24.9 Å². The summed E-state index contributed by atoms with van der Waals surface area (Å²) < 4.78 is 16.7. The maximum absolute atomic E-state index is 12.6. The van der Waals surface area contributed by atoms with Gasteiger partial charge in [0, 0.05) is 5.38 Å². The number of rotatable bonds is 3. The number of carbonyl (C=O) groups excluding carboxylic acids is 1. The van der Waals surface area contributed by atoms with Crippen molar-refractivity contribution in [3.63, 3.8) is 0 Å². The van der Waals surface area contributed by atoms with Gasteiger partial charge < -0.3 is 19.5 Å². The summed E-state index contributed by atoms with van der Waals surface area (Å²) in [5.41, 5.74) is 0. The minimum absolute atomic E-state index is 0.0489. The molecule has 2 saturated heterocycles. The van der Waals surface area contributed by atoms with Gasteiger partial charge in [-0.25, -0.2) is 0 Å². The molecule has 1 amide bonds. The summed E-state index contributed by atoms with van der Waals surface area (Å²) in [5.74, 6) is 1.18.